The Hall–Kier alpha value is -0.340. The quantitative estimate of drug-likeness (QED) is 0.599. The summed E-state index contributed by atoms with van der Waals surface area (Å²) < 4.78 is 42.2. The maximum absolute atomic E-state index is 12.5. The molecule has 0 unspecified atom stereocenters. The maximum Gasteiger partial charge on any atom is 0.417 e. The van der Waals surface area contributed by atoms with Crippen LogP contribution >= 0.6 is 43.5 Å². The second-order valence-corrected chi connectivity index (χ2v) is 8.31. The van der Waals surface area contributed by atoms with Gasteiger partial charge in [0.1, 0.15) is 15.4 Å². The third kappa shape index (κ3) is 5.10. The zero-order valence-electron chi connectivity index (χ0n) is 11.0. The van der Waals surface area contributed by atoms with Gasteiger partial charge in [0.05, 0.1) is 11.0 Å². The summed E-state index contributed by atoms with van der Waals surface area (Å²) in [6, 6.07) is 0.733. The van der Waals surface area contributed by atoms with E-state index >= 15 is 0 Å². The average Bonchev–Trinajstić information content (AvgIpc) is 2.35. The van der Waals surface area contributed by atoms with Crippen LogP contribution in [0.1, 0.15) is 19.4 Å². The van der Waals surface area contributed by atoms with Gasteiger partial charge in [0, 0.05) is 6.20 Å². The van der Waals surface area contributed by atoms with Crippen LogP contribution in [0.2, 0.25) is 5.02 Å². The number of carbonyl (C=O) groups is 1. The Morgan fingerprint density at radius 3 is 2.43 bits per heavy atom. The van der Waals surface area contributed by atoms with E-state index in [2.05, 4.69) is 36.8 Å². The van der Waals surface area contributed by atoms with Crippen molar-refractivity contribution in [1.82, 2.24) is 4.98 Å². The largest absolute Gasteiger partial charge is 0.476 e. The Morgan fingerprint density at radius 2 is 2.00 bits per heavy atom. The van der Waals surface area contributed by atoms with Crippen molar-refractivity contribution in [2.75, 3.05) is 6.61 Å². The Kier molecular flexibility index (Phi) is 6.08. The average molecular weight is 453 g/mol. The molecule has 21 heavy (non-hydrogen) atoms. The lowest BCUT2D eigenvalue weighted by molar-refractivity contribution is -0.137. The van der Waals surface area contributed by atoms with Crippen LogP contribution in [-0.2, 0) is 11.0 Å². The first-order valence-electron chi connectivity index (χ1n) is 5.63. The smallest absolute Gasteiger partial charge is 0.417 e. The van der Waals surface area contributed by atoms with E-state index in [0.717, 1.165) is 6.07 Å². The third-order valence-corrected chi connectivity index (χ3v) is 3.67. The van der Waals surface area contributed by atoms with Crippen LogP contribution in [0.4, 0.5) is 13.2 Å². The van der Waals surface area contributed by atoms with E-state index in [1.165, 1.54) is 0 Å². The second kappa shape index (κ2) is 6.83. The Morgan fingerprint density at radius 1 is 1.43 bits per heavy atom. The maximum atomic E-state index is 12.5. The number of pyridine rings is 1. The molecule has 0 fully saturated rings. The lowest BCUT2D eigenvalue weighted by atomic mass is 9.90. The van der Waals surface area contributed by atoms with Crippen molar-refractivity contribution in [2.24, 2.45) is 5.41 Å². The highest BCUT2D eigenvalue weighted by molar-refractivity contribution is 9.25. The van der Waals surface area contributed by atoms with Crippen molar-refractivity contribution in [3.8, 4) is 5.88 Å². The van der Waals surface area contributed by atoms with E-state index in [0.29, 0.717) is 6.20 Å². The summed E-state index contributed by atoms with van der Waals surface area (Å²) >= 11 is 11.9. The molecule has 3 nitrogen and oxygen atoms in total. The van der Waals surface area contributed by atoms with Crippen LogP contribution < -0.4 is 4.74 Å². The fourth-order valence-corrected chi connectivity index (χ4v) is 2.76. The number of nitrogens with zero attached hydrogens (tertiary/aromatic N) is 1. The highest BCUT2D eigenvalue weighted by atomic mass is 79.9. The number of hydrogen-bond acceptors (Lipinski definition) is 3. The van der Waals surface area contributed by atoms with Crippen LogP contribution in [-0.4, -0.2) is 21.1 Å². The number of ketones is 1. The molecule has 1 aromatic heterocycles. The third-order valence-electron chi connectivity index (χ3n) is 2.57. The lowest BCUT2D eigenvalue weighted by Gasteiger charge is -2.24. The molecule has 1 aromatic rings. The minimum absolute atomic E-state index is 0.0718. The number of aromatic nitrogens is 1. The Labute approximate surface area is 141 Å². The van der Waals surface area contributed by atoms with E-state index in [9.17, 15) is 18.0 Å². The molecule has 0 amide bonds. The van der Waals surface area contributed by atoms with Crippen LogP contribution in [0.3, 0.4) is 0 Å². The molecule has 0 spiro atoms. The molecular formula is C12H11Br2ClF3NO2. The summed E-state index contributed by atoms with van der Waals surface area (Å²) in [4.78, 5) is 15.4. The molecule has 0 N–H and O–H groups in total. The van der Waals surface area contributed by atoms with Crippen molar-refractivity contribution in [3.63, 3.8) is 0 Å². The Bertz CT molecular complexity index is 536. The van der Waals surface area contributed by atoms with Gasteiger partial charge in [-0.1, -0.05) is 43.5 Å². The molecule has 0 atom stereocenters. The lowest BCUT2D eigenvalue weighted by Crippen LogP contribution is -2.34. The summed E-state index contributed by atoms with van der Waals surface area (Å²) in [6.07, 6.45) is -3.89. The summed E-state index contributed by atoms with van der Waals surface area (Å²) in [7, 11) is 0. The summed E-state index contributed by atoms with van der Waals surface area (Å²) in [5.74, 6) is -0.322. The predicted molar refractivity (Wildman–Crippen MR) is 80.2 cm³/mol. The van der Waals surface area contributed by atoms with E-state index < -0.39 is 20.9 Å². The van der Waals surface area contributed by atoms with E-state index in [-0.39, 0.29) is 23.3 Å². The molecular weight excluding hydrogens is 442 g/mol. The number of ether oxygens (including phenoxy) is 1. The fourth-order valence-electron chi connectivity index (χ4n) is 1.30. The first-order chi connectivity index (χ1) is 9.45. The molecule has 0 saturated carbocycles. The van der Waals surface area contributed by atoms with Crippen LogP contribution in [0.25, 0.3) is 0 Å². The van der Waals surface area contributed by atoms with Gasteiger partial charge >= 0.3 is 6.18 Å². The summed E-state index contributed by atoms with van der Waals surface area (Å²) in [5, 5.41) is -0.262. The molecule has 0 aliphatic heterocycles. The first kappa shape index (κ1) is 18.7. The number of rotatable bonds is 5. The first-order valence-corrected chi connectivity index (χ1v) is 7.84. The normalized spacial score (nSPS) is 12.6. The molecule has 0 bridgehead atoms. The molecule has 0 aliphatic carbocycles. The van der Waals surface area contributed by atoms with Crippen molar-refractivity contribution < 1.29 is 22.7 Å². The monoisotopic (exact) mass is 451 g/mol. The summed E-state index contributed by atoms with van der Waals surface area (Å²) in [6.45, 7) is 3.21. The highest BCUT2D eigenvalue weighted by Crippen LogP contribution is 2.34. The van der Waals surface area contributed by atoms with Gasteiger partial charge in [-0.05, 0) is 19.9 Å². The number of Topliss-reactive ketones (excluding diaryl/α,β-unsaturated/α-hetero) is 1. The zero-order chi connectivity index (χ0) is 16.4. The fraction of sp³-hybridized carbons (Fsp3) is 0.500. The summed E-state index contributed by atoms with van der Waals surface area (Å²) in [5.41, 5.74) is -1.83. The van der Waals surface area contributed by atoms with Crippen molar-refractivity contribution in [3.05, 3.63) is 22.8 Å². The molecule has 0 saturated heterocycles. The van der Waals surface area contributed by atoms with Crippen LogP contribution in [0.15, 0.2) is 12.3 Å². The van der Waals surface area contributed by atoms with Crippen LogP contribution in [0, 0.1) is 5.41 Å². The van der Waals surface area contributed by atoms with Gasteiger partial charge in [-0.3, -0.25) is 4.79 Å². The second-order valence-electron chi connectivity index (χ2n) is 4.85. The number of alkyl halides is 5. The van der Waals surface area contributed by atoms with E-state index in [4.69, 9.17) is 16.3 Å². The number of halogens is 6. The van der Waals surface area contributed by atoms with Gasteiger partial charge in [0.2, 0.25) is 5.88 Å². The Balaban J connectivity index is 2.84. The van der Waals surface area contributed by atoms with Gasteiger partial charge < -0.3 is 4.74 Å². The van der Waals surface area contributed by atoms with Gasteiger partial charge in [-0.2, -0.15) is 13.2 Å². The molecule has 1 rings (SSSR count). The predicted octanol–water partition coefficient (Wildman–Crippen LogP) is 4.84. The minimum Gasteiger partial charge on any atom is -0.476 e. The molecule has 0 radical (unpaired) electrons. The van der Waals surface area contributed by atoms with Gasteiger partial charge in [0.15, 0.2) is 5.78 Å². The SMILES string of the molecule is CC(C)(COc1ncc(C(F)(F)F)cc1Cl)C(=O)C(Br)Br. The van der Waals surface area contributed by atoms with Gasteiger partial charge in [-0.25, -0.2) is 4.98 Å². The van der Waals surface area contributed by atoms with E-state index in [1.54, 1.807) is 13.8 Å². The van der Waals surface area contributed by atoms with Gasteiger partial charge in [-0.15, -0.1) is 0 Å². The molecule has 0 aliphatic rings. The molecule has 0 aromatic carbocycles. The number of hydrogen-bond donors (Lipinski definition) is 0. The van der Waals surface area contributed by atoms with Crippen LogP contribution in [0.5, 0.6) is 5.88 Å². The molecule has 118 valence electrons. The topological polar surface area (TPSA) is 39.2 Å². The highest BCUT2D eigenvalue weighted by Gasteiger charge is 2.34. The van der Waals surface area contributed by atoms with Crippen molar-refractivity contribution in [2.45, 2.75) is 23.8 Å². The van der Waals surface area contributed by atoms with Gasteiger partial charge in [0.25, 0.3) is 0 Å². The van der Waals surface area contributed by atoms with Crippen molar-refractivity contribution in [1.29, 1.82) is 0 Å². The number of carbonyl (C=O) groups excluding carboxylic acids is 1. The van der Waals surface area contributed by atoms with E-state index in [1.807, 2.05) is 0 Å². The zero-order valence-corrected chi connectivity index (χ0v) is 14.9. The standard InChI is InChI=1S/C12H11Br2ClF3NO2/c1-11(2,8(20)9(13)14)5-21-10-7(15)3-6(4-19-10)12(16,17)18/h3-4,9H,5H2,1-2H3. The minimum atomic E-state index is -4.52. The molecule has 9 heteroatoms. The molecule has 1 heterocycles. The van der Waals surface area contributed by atoms with Crippen molar-refractivity contribution >= 4 is 49.2 Å².